The lowest BCUT2D eigenvalue weighted by molar-refractivity contribution is -0.118. The van der Waals surface area contributed by atoms with Crippen molar-refractivity contribution in [2.24, 2.45) is 11.7 Å². The molecule has 0 bridgehead atoms. The summed E-state index contributed by atoms with van der Waals surface area (Å²) in [5.74, 6) is 0.430. The van der Waals surface area contributed by atoms with Crippen molar-refractivity contribution in [1.29, 1.82) is 0 Å². The molecule has 4 N–H and O–H groups in total. The predicted molar refractivity (Wildman–Crippen MR) is 68.7 cm³/mol. The van der Waals surface area contributed by atoms with Crippen molar-refractivity contribution in [3.63, 3.8) is 0 Å². The minimum absolute atomic E-state index is 0.0177. The van der Waals surface area contributed by atoms with E-state index in [2.05, 4.69) is 36.3 Å². The monoisotopic (exact) mass is 238 g/mol. The molecule has 0 unspecified atom stereocenters. The van der Waals surface area contributed by atoms with Gasteiger partial charge in [0.25, 0.3) is 0 Å². The van der Waals surface area contributed by atoms with E-state index in [1.54, 1.807) is 0 Å². The van der Waals surface area contributed by atoms with Crippen molar-refractivity contribution < 1.29 is 4.79 Å². The van der Waals surface area contributed by atoms with Crippen molar-refractivity contribution >= 4 is 11.7 Å². The summed E-state index contributed by atoms with van der Waals surface area (Å²) in [6.45, 7) is 10.1. The molecule has 0 aliphatic carbocycles. The molecule has 1 amide bonds. The number of nitrogens with two attached hydrogens (primary N) is 1. The number of nitrogens with one attached hydrogen (secondary N) is 2. The molecule has 0 aliphatic heterocycles. The number of nitrogens with zero attached hydrogens (tertiary/aromatic N) is 1. The normalized spacial score (nSPS) is 13.8. The molecular formula is C12H22N4O. The lowest BCUT2D eigenvalue weighted by Gasteiger charge is -2.15. The quantitative estimate of drug-likeness (QED) is 0.748. The van der Waals surface area contributed by atoms with Crippen LogP contribution in [0.5, 0.6) is 0 Å². The average molecular weight is 238 g/mol. The van der Waals surface area contributed by atoms with Gasteiger partial charge in [0.2, 0.25) is 5.91 Å². The molecule has 5 heteroatoms. The van der Waals surface area contributed by atoms with Gasteiger partial charge in [-0.15, -0.1) is 0 Å². The van der Waals surface area contributed by atoms with Gasteiger partial charge in [-0.2, -0.15) is 5.10 Å². The highest BCUT2D eigenvalue weighted by Gasteiger charge is 2.20. The number of rotatable bonds is 3. The SMILES string of the molecule is CC(C)[C@H](N)C(=O)Nc1cc(C(C)(C)C)[nH]n1. The Kier molecular flexibility index (Phi) is 3.93. The Morgan fingerprint density at radius 1 is 1.47 bits per heavy atom. The van der Waals surface area contributed by atoms with Gasteiger partial charge < -0.3 is 11.1 Å². The van der Waals surface area contributed by atoms with E-state index >= 15 is 0 Å². The molecule has 0 saturated carbocycles. The van der Waals surface area contributed by atoms with Gasteiger partial charge in [0, 0.05) is 17.2 Å². The van der Waals surface area contributed by atoms with Crippen LogP contribution in [-0.4, -0.2) is 22.1 Å². The van der Waals surface area contributed by atoms with Crippen LogP contribution in [0.1, 0.15) is 40.3 Å². The summed E-state index contributed by atoms with van der Waals surface area (Å²) in [7, 11) is 0. The van der Waals surface area contributed by atoms with Gasteiger partial charge in [-0.05, 0) is 5.92 Å². The van der Waals surface area contributed by atoms with Gasteiger partial charge in [-0.25, -0.2) is 0 Å². The molecule has 0 aliphatic rings. The Bertz CT molecular complexity index is 389. The zero-order valence-electron chi connectivity index (χ0n) is 11.2. The van der Waals surface area contributed by atoms with Crippen LogP contribution in [0, 0.1) is 5.92 Å². The fourth-order valence-electron chi connectivity index (χ4n) is 1.28. The summed E-state index contributed by atoms with van der Waals surface area (Å²) in [4.78, 5) is 11.7. The summed E-state index contributed by atoms with van der Waals surface area (Å²) in [5, 5.41) is 9.67. The van der Waals surface area contributed by atoms with Gasteiger partial charge in [0.05, 0.1) is 6.04 Å². The Balaban J connectivity index is 2.71. The van der Waals surface area contributed by atoms with Crippen LogP contribution in [0.4, 0.5) is 5.82 Å². The molecular weight excluding hydrogens is 216 g/mol. The third-order valence-electron chi connectivity index (χ3n) is 2.66. The molecule has 0 fully saturated rings. The molecule has 96 valence electrons. The van der Waals surface area contributed by atoms with Gasteiger partial charge in [0.1, 0.15) is 0 Å². The van der Waals surface area contributed by atoms with E-state index in [0.29, 0.717) is 5.82 Å². The van der Waals surface area contributed by atoms with Gasteiger partial charge >= 0.3 is 0 Å². The molecule has 1 atom stereocenters. The fourth-order valence-corrected chi connectivity index (χ4v) is 1.28. The maximum absolute atomic E-state index is 11.7. The number of aromatic nitrogens is 2. The second kappa shape index (κ2) is 4.87. The topological polar surface area (TPSA) is 83.8 Å². The maximum atomic E-state index is 11.7. The number of anilines is 1. The first kappa shape index (κ1) is 13.7. The number of H-pyrrole nitrogens is 1. The first-order valence-electron chi connectivity index (χ1n) is 5.84. The Morgan fingerprint density at radius 2 is 2.06 bits per heavy atom. The molecule has 0 aromatic carbocycles. The van der Waals surface area contributed by atoms with Crippen molar-refractivity contribution in [2.75, 3.05) is 5.32 Å². The first-order valence-corrected chi connectivity index (χ1v) is 5.84. The lowest BCUT2D eigenvalue weighted by atomic mass is 9.92. The van der Waals surface area contributed by atoms with Crippen LogP contribution in [0.25, 0.3) is 0 Å². The number of carbonyl (C=O) groups is 1. The summed E-state index contributed by atoms with van der Waals surface area (Å²) in [6, 6.07) is 1.33. The summed E-state index contributed by atoms with van der Waals surface area (Å²) in [6.07, 6.45) is 0. The molecule has 17 heavy (non-hydrogen) atoms. The first-order chi connectivity index (χ1) is 7.71. The van der Waals surface area contributed by atoms with E-state index in [1.165, 1.54) is 0 Å². The largest absolute Gasteiger partial charge is 0.320 e. The van der Waals surface area contributed by atoms with Crippen molar-refractivity contribution in [1.82, 2.24) is 10.2 Å². The third kappa shape index (κ3) is 3.56. The zero-order chi connectivity index (χ0) is 13.2. The van der Waals surface area contributed by atoms with E-state index in [-0.39, 0.29) is 17.2 Å². The summed E-state index contributed by atoms with van der Waals surface area (Å²) in [5.41, 5.74) is 6.71. The highest BCUT2D eigenvalue weighted by molar-refractivity contribution is 5.94. The van der Waals surface area contributed by atoms with Crippen molar-refractivity contribution in [3.05, 3.63) is 11.8 Å². The highest BCUT2D eigenvalue weighted by Crippen LogP contribution is 2.21. The van der Waals surface area contributed by atoms with E-state index in [0.717, 1.165) is 5.69 Å². The lowest BCUT2D eigenvalue weighted by Crippen LogP contribution is -2.39. The highest BCUT2D eigenvalue weighted by atomic mass is 16.2. The Morgan fingerprint density at radius 3 is 2.47 bits per heavy atom. The standard InChI is InChI=1S/C12H22N4O/c1-7(2)10(13)11(17)14-9-6-8(15-16-9)12(3,4)5/h6-7,10H,13H2,1-5H3,(H2,14,15,16,17)/t10-/m0/s1. The summed E-state index contributed by atoms with van der Waals surface area (Å²) < 4.78 is 0. The van der Waals surface area contributed by atoms with E-state index in [9.17, 15) is 4.79 Å². The minimum atomic E-state index is -0.509. The number of carbonyl (C=O) groups excluding carboxylic acids is 1. The predicted octanol–water partition coefficient (Wildman–Crippen LogP) is 1.63. The van der Waals surface area contributed by atoms with Crippen LogP contribution in [-0.2, 0) is 10.2 Å². The Labute approximate surface area is 102 Å². The smallest absolute Gasteiger partial charge is 0.242 e. The molecule has 0 radical (unpaired) electrons. The van der Waals surface area contributed by atoms with Gasteiger partial charge in [-0.3, -0.25) is 9.89 Å². The maximum Gasteiger partial charge on any atom is 0.242 e. The van der Waals surface area contributed by atoms with E-state index in [4.69, 9.17) is 5.73 Å². The van der Waals surface area contributed by atoms with E-state index in [1.807, 2.05) is 19.9 Å². The number of hydrogen-bond acceptors (Lipinski definition) is 3. The van der Waals surface area contributed by atoms with Gasteiger partial charge in [-0.1, -0.05) is 34.6 Å². The number of aromatic amines is 1. The van der Waals surface area contributed by atoms with E-state index < -0.39 is 6.04 Å². The molecule has 1 aromatic heterocycles. The average Bonchev–Trinajstić information content (AvgIpc) is 2.64. The fraction of sp³-hybridized carbons (Fsp3) is 0.667. The van der Waals surface area contributed by atoms with Crippen LogP contribution in [0.15, 0.2) is 6.07 Å². The van der Waals surface area contributed by atoms with Crippen molar-refractivity contribution in [2.45, 2.75) is 46.1 Å². The van der Waals surface area contributed by atoms with Gasteiger partial charge in [0.15, 0.2) is 5.82 Å². The zero-order valence-corrected chi connectivity index (χ0v) is 11.2. The number of amides is 1. The van der Waals surface area contributed by atoms with Crippen LogP contribution in [0.3, 0.4) is 0 Å². The third-order valence-corrected chi connectivity index (χ3v) is 2.66. The summed E-state index contributed by atoms with van der Waals surface area (Å²) >= 11 is 0. The molecule has 1 aromatic rings. The molecule has 5 nitrogen and oxygen atoms in total. The van der Waals surface area contributed by atoms with Crippen LogP contribution >= 0.6 is 0 Å². The molecule has 1 heterocycles. The van der Waals surface area contributed by atoms with Crippen LogP contribution in [0.2, 0.25) is 0 Å². The Hall–Kier alpha value is -1.36. The molecule has 0 spiro atoms. The second-order valence-corrected chi connectivity index (χ2v) is 5.68. The van der Waals surface area contributed by atoms with Crippen LogP contribution < -0.4 is 11.1 Å². The second-order valence-electron chi connectivity index (χ2n) is 5.68. The molecule has 1 rings (SSSR count). The minimum Gasteiger partial charge on any atom is -0.320 e. The molecule has 0 saturated heterocycles. The number of hydrogen-bond donors (Lipinski definition) is 3. The van der Waals surface area contributed by atoms with Crippen molar-refractivity contribution in [3.8, 4) is 0 Å².